The van der Waals surface area contributed by atoms with Gasteiger partial charge < -0.3 is 0 Å². The van der Waals surface area contributed by atoms with Gasteiger partial charge >= 0.3 is 0 Å². The number of hydrogen-bond donors (Lipinski definition) is 0. The van der Waals surface area contributed by atoms with Gasteiger partial charge in [-0.1, -0.05) is 0 Å². The van der Waals surface area contributed by atoms with Crippen LogP contribution in [0.15, 0.2) is 0 Å². The quantitative estimate of drug-likeness (QED) is 0.541. The number of hydrogen-bond acceptors (Lipinski definition) is 1. The standard InChI is InChI=1S/C8H15FS/c9-5-1-2-6-10-7-8-3-4-8/h8H,1-7H2. The van der Waals surface area contributed by atoms with Crippen LogP contribution in [0.1, 0.15) is 25.7 Å². The molecule has 0 aliphatic heterocycles. The van der Waals surface area contributed by atoms with Gasteiger partial charge in [0.1, 0.15) is 0 Å². The van der Waals surface area contributed by atoms with Crippen molar-refractivity contribution in [2.75, 3.05) is 18.2 Å². The first kappa shape index (κ1) is 8.38. The molecular formula is C8H15FS. The second kappa shape index (κ2) is 5.00. The maximum atomic E-state index is 11.6. The van der Waals surface area contributed by atoms with E-state index in [-0.39, 0.29) is 6.67 Å². The number of rotatable bonds is 6. The summed E-state index contributed by atoms with van der Waals surface area (Å²) in [4.78, 5) is 0. The summed E-state index contributed by atoms with van der Waals surface area (Å²) in [5.41, 5.74) is 0. The van der Waals surface area contributed by atoms with E-state index >= 15 is 0 Å². The Bertz CT molecular complexity index is 81.3. The first-order valence-electron chi connectivity index (χ1n) is 4.07. The Kier molecular flexibility index (Phi) is 4.19. The number of alkyl halides is 1. The molecule has 0 bridgehead atoms. The molecule has 2 heteroatoms. The molecule has 0 unspecified atom stereocenters. The fourth-order valence-corrected chi connectivity index (χ4v) is 2.07. The van der Waals surface area contributed by atoms with Crippen LogP contribution in [-0.4, -0.2) is 18.2 Å². The van der Waals surface area contributed by atoms with Gasteiger partial charge in [-0.25, -0.2) is 0 Å². The van der Waals surface area contributed by atoms with Crippen LogP contribution in [-0.2, 0) is 0 Å². The second-order valence-corrected chi connectivity index (χ2v) is 4.06. The summed E-state index contributed by atoms with van der Waals surface area (Å²) in [7, 11) is 0. The number of halogens is 1. The molecule has 0 aromatic rings. The highest BCUT2D eigenvalue weighted by molar-refractivity contribution is 7.99. The maximum Gasteiger partial charge on any atom is 0.0894 e. The number of unbranched alkanes of at least 4 members (excludes halogenated alkanes) is 1. The molecule has 0 heterocycles. The van der Waals surface area contributed by atoms with Crippen molar-refractivity contribution < 1.29 is 4.39 Å². The molecule has 1 aliphatic rings. The van der Waals surface area contributed by atoms with Crippen molar-refractivity contribution in [3.8, 4) is 0 Å². The zero-order chi connectivity index (χ0) is 7.23. The zero-order valence-corrected chi connectivity index (χ0v) is 7.13. The van der Waals surface area contributed by atoms with Crippen molar-refractivity contribution in [3.63, 3.8) is 0 Å². The molecule has 1 fully saturated rings. The van der Waals surface area contributed by atoms with Crippen molar-refractivity contribution >= 4 is 11.8 Å². The lowest BCUT2D eigenvalue weighted by molar-refractivity contribution is 0.470. The molecule has 0 radical (unpaired) electrons. The summed E-state index contributed by atoms with van der Waals surface area (Å²) in [6, 6.07) is 0. The largest absolute Gasteiger partial charge is 0.251 e. The van der Waals surface area contributed by atoms with E-state index in [0.717, 1.165) is 18.8 Å². The molecule has 0 atom stereocenters. The molecule has 0 spiro atoms. The SMILES string of the molecule is FCCCCSCC1CC1. The predicted molar refractivity (Wildman–Crippen MR) is 45.3 cm³/mol. The summed E-state index contributed by atoms with van der Waals surface area (Å²) in [5, 5.41) is 0. The Morgan fingerprint density at radius 3 is 2.70 bits per heavy atom. The van der Waals surface area contributed by atoms with Gasteiger partial charge in [-0.05, 0) is 43.1 Å². The van der Waals surface area contributed by atoms with Crippen LogP contribution in [0.5, 0.6) is 0 Å². The number of thioether (sulfide) groups is 1. The van der Waals surface area contributed by atoms with Crippen molar-refractivity contribution in [3.05, 3.63) is 0 Å². The Morgan fingerprint density at radius 2 is 2.10 bits per heavy atom. The van der Waals surface area contributed by atoms with Gasteiger partial charge in [0.25, 0.3) is 0 Å². The Hall–Kier alpha value is 0.280. The van der Waals surface area contributed by atoms with Crippen molar-refractivity contribution in [1.29, 1.82) is 0 Å². The third kappa shape index (κ3) is 4.15. The van der Waals surface area contributed by atoms with Crippen LogP contribution in [0.4, 0.5) is 4.39 Å². The minimum atomic E-state index is -0.135. The third-order valence-corrected chi connectivity index (χ3v) is 3.01. The fraction of sp³-hybridized carbons (Fsp3) is 1.00. The Balaban J connectivity index is 1.68. The Labute approximate surface area is 66.6 Å². The van der Waals surface area contributed by atoms with E-state index in [1.54, 1.807) is 0 Å². The van der Waals surface area contributed by atoms with E-state index in [4.69, 9.17) is 0 Å². The van der Waals surface area contributed by atoms with Crippen LogP contribution in [0.25, 0.3) is 0 Å². The minimum Gasteiger partial charge on any atom is -0.251 e. The summed E-state index contributed by atoms with van der Waals surface area (Å²) >= 11 is 2.00. The average Bonchev–Trinajstić information content (AvgIpc) is 2.71. The molecule has 0 N–H and O–H groups in total. The summed E-state index contributed by atoms with van der Waals surface area (Å²) in [6.07, 6.45) is 4.71. The molecule has 0 aromatic carbocycles. The van der Waals surface area contributed by atoms with Gasteiger partial charge in [-0.2, -0.15) is 11.8 Å². The van der Waals surface area contributed by atoms with E-state index in [9.17, 15) is 4.39 Å². The van der Waals surface area contributed by atoms with E-state index in [1.165, 1.54) is 24.3 Å². The molecule has 10 heavy (non-hydrogen) atoms. The predicted octanol–water partition coefficient (Wildman–Crippen LogP) is 2.88. The molecule has 0 amide bonds. The molecule has 1 saturated carbocycles. The van der Waals surface area contributed by atoms with E-state index in [1.807, 2.05) is 11.8 Å². The van der Waals surface area contributed by atoms with Gasteiger partial charge in [-0.3, -0.25) is 4.39 Å². The molecule has 1 aliphatic carbocycles. The van der Waals surface area contributed by atoms with E-state index in [0.29, 0.717) is 0 Å². The highest BCUT2D eigenvalue weighted by Crippen LogP contribution is 2.32. The molecule has 0 saturated heterocycles. The second-order valence-electron chi connectivity index (χ2n) is 2.91. The Morgan fingerprint density at radius 1 is 1.30 bits per heavy atom. The summed E-state index contributed by atoms with van der Waals surface area (Å²) < 4.78 is 11.6. The fourth-order valence-electron chi connectivity index (χ4n) is 0.833. The van der Waals surface area contributed by atoms with Gasteiger partial charge in [-0.15, -0.1) is 0 Å². The first-order valence-corrected chi connectivity index (χ1v) is 5.22. The maximum absolute atomic E-state index is 11.6. The summed E-state index contributed by atoms with van der Waals surface area (Å²) in [6.45, 7) is -0.135. The minimum absolute atomic E-state index is 0.135. The normalized spacial score (nSPS) is 17.7. The van der Waals surface area contributed by atoms with Gasteiger partial charge in [0, 0.05) is 0 Å². The molecule has 1 rings (SSSR count). The lowest BCUT2D eigenvalue weighted by atomic mass is 10.4. The first-order chi connectivity index (χ1) is 4.93. The zero-order valence-electron chi connectivity index (χ0n) is 6.31. The van der Waals surface area contributed by atoms with Crippen LogP contribution >= 0.6 is 11.8 Å². The van der Waals surface area contributed by atoms with Crippen LogP contribution in [0, 0.1) is 5.92 Å². The highest BCUT2D eigenvalue weighted by atomic mass is 32.2. The van der Waals surface area contributed by atoms with Crippen molar-refractivity contribution in [2.45, 2.75) is 25.7 Å². The van der Waals surface area contributed by atoms with Gasteiger partial charge in [0.15, 0.2) is 0 Å². The van der Waals surface area contributed by atoms with Crippen LogP contribution in [0.3, 0.4) is 0 Å². The third-order valence-electron chi connectivity index (χ3n) is 1.72. The van der Waals surface area contributed by atoms with E-state index in [2.05, 4.69) is 0 Å². The molecular weight excluding hydrogens is 147 g/mol. The van der Waals surface area contributed by atoms with Crippen molar-refractivity contribution in [1.82, 2.24) is 0 Å². The van der Waals surface area contributed by atoms with Gasteiger partial charge in [0.05, 0.1) is 6.67 Å². The van der Waals surface area contributed by atoms with Crippen LogP contribution in [0.2, 0.25) is 0 Å². The lowest BCUT2D eigenvalue weighted by Gasteiger charge is -1.96. The molecule has 0 nitrogen and oxygen atoms in total. The topological polar surface area (TPSA) is 0 Å². The van der Waals surface area contributed by atoms with Crippen molar-refractivity contribution in [2.24, 2.45) is 5.92 Å². The summed E-state index contributed by atoms with van der Waals surface area (Å²) in [5.74, 6) is 3.52. The highest BCUT2D eigenvalue weighted by Gasteiger charge is 2.20. The molecule has 0 aromatic heterocycles. The smallest absolute Gasteiger partial charge is 0.0894 e. The monoisotopic (exact) mass is 162 g/mol. The van der Waals surface area contributed by atoms with Crippen LogP contribution < -0.4 is 0 Å². The average molecular weight is 162 g/mol. The van der Waals surface area contributed by atoms with Gasteiger partial charge in [0.2, 0.25) is 0 Å². The lowest BCUT2D eigenvalue weighted by Crippen LogP contribution is -1.86. The van der Waals surface area contributed by atoms with E-state index < -0.39 is 0 Å². The molecule has 60 valence electrons.